The molecule has 0 saturated carbocycles. The van der Waals surface area contributed by atoms with Gasteiger partial charge in [0.05, 0.1) is 13.7 Å². The summed E-state index contributed by atoms with van der Waals surface area (Å²) in [5, 5.41) is 6.30. The predicted octanol–water partition coefficient (Wildman–Crippen LogP) is 3.72. The van der Waals surface area contributed by atoms with Crippen LogP contribution in [0.4, 0.5) is 13.2 Å². The number of guanidine groups is 1. The smallest absolute Gasteiger partial charge is 0.422 e. The Balaban J connectivity index is 0.00000576. The molecule has 0 bridgehead atoms. The summed E-state index contributed by atoms with van der Waals surface area (Å²) in [6, 6.07) is 4.75. The molecule has 0 fully saturated rings. The third-order valence-electron chi connectivity index (χ3n) is 2.93. The van der Waals surface area contributed by atoms with Crippen molar-refractivity contribution in [1.82, 2.24) is 10.6 Å². The zero-order valence-electron chi connectivity index (χ0n) is 14.6. The molecule has 0 spiro atoms. The number of rotatable bonds is 8. The van der Waals surface area contributed by atoms with Gasteiger partial charge in [-0.3, -0.25) is 0 Å². The standard InChI is InChI=1S/C16H24F3N3O2.HI/c1-4-8-21-15(20-5-2)22-10-12-6-7-13(14(9-12)23-3)24-11-16(17,18)19;/h6-7,9H,4-5,8,10-11H2,1-3H3,(H2,20,21,22);1H. The maximum atomic E-state index is 12.2. The van der Waals surface area contributed by atoms with Crippen LogP contribution in [0.25, 0.3) is 0 Å². The Morgan fingerprint density at radius 2 is 1.88 bits per heavy atom. The lowest BCUT2D eigenvalue weighted by molar-refractivity contribution is -0.153. The minimum Gasteiger partial charge on any atom is -0.493 e. The van der Waals surface area contributed by atoms with Gasteiger partial charge < -0.3 is 20.1 Å². The first-order valence-corrected chi connectivity index (χ1v) is 7.78. The van der Waals surface area contributed by atoms with E-state index in [1.165, 1.54) is 13.2 Å². The molecule has 5 nitrogen and oxygen atoms in total. The van der Waals surface area contributed by atoms with Gasteiger partial charge in [0.25, 0.3) is 0 Å². The van der Waals surface area contributed by atoms with Crippen molar-refractivity contribution in [3.63, 3.8) is 0 Å². The lowest BCUT2D eigenvalue weighted by Gasteiger charge is -2.13. The molecule has 9 heteroatoms. The predicted molar refractivity (Wildman–Crippen MR) is 103 cm³/mol. The minimum atomic E-state index is -4.39. The molecular weight excluding hydrogens is 450 g/mol. The second-order valence-electron chi connectivity index (χ2n) is 5.01. The maximum absolute atomic E-state index is 12.2. The Labute approximate surface area is 163 Å². The molecular formula is C16H25F3IN3O2. The van der Waals surface area contributed by atoms with Gasteiger partial charge in [0.15, 0.2) is 24.1 Å². The van der Waals surface area contributed by atoms with Crippen molar-refractivity contribution in [2.24, 2.45) is 4.99 Å². The van der Waals surface area contributed by atoms with E-state index in [0.717, 1.165) is 25.1 Å². The molecule has 0 radical (unpaired) electrons. The van der Waals surface area contributed by atoms with Gasteiger partial charge in [-0.25, -0.2) is 4.99 Å². The maximum Gasteiger partial charge on any atom is 0.422 e. The minimum absolute atomic E-state index is 0. The highest BCUT2D eigenvalue weighted by Crippen LogP contribution is 2.30. The van der Waals surface area contributed by atoms with Gasteiger partial charge in [0.2, 0.25) is 0 Å². The van der Waals surface area contributed by atoms with Crippen molar-refractivity contribution in [2.45, 2.75) is 33.0 Å². The average Bonchev–Trinajstić information content (AvgIpc) is 2.55. The number of nitrogens with one attached hydrogen (secondary N) is 2. The summed E-state index contributed by atoms with van der Waals surface area (Å²) >= 11 is 0. The zero-order chi connectivity index (χ0) is 18.0. The quantitative estimate of drug-likeness (QED) is 0.342. The average molecular weight is 475 g/mol. The van der Waals surface area contributed by atoms with Crippen LogP contribution in [0.1, 0.15) is 25.8 Å². The van der Waals surface area contributed by atoms with Crippen LogP contribution in [-0.2, 0) is 6.54 Å². The molecule has 0 unspecified atom stereocenters. The summed E-state index contributed by atoms with van der Waals surface area (Å²) in [7, 11) is 1.38. The first kappa shape index (κ1) is 23.6. The van der Waals surface area contributed by atoms with E-state index >= 15 is 0 Å². The Kier molecular flexibility index (Phi) is 11.4. The number of halogens is 4. The van der Waals surface area contributed by atoms with Crippen LogP contribution < -0.4 is 20.1 Å². The first-order valence-electron chi connectivity index (χ1n) is 7.78. The Morgan fingerprint density at radius 1 is 1.16 bits per heavy atom. The highest BCUT2D eigenvalue weighted by atomic mass is 127. The van der Waals surface area contributed by atoms with Gasteiger partial charge in [-0.1, -0.05) is 13.0 Å². The molecule has 1 aromatic carbocycles. The summed E-state index contributed by atoms with van der Waals surface area (Å²) < 4.78 is 46.6. The van der Waals surface area contributed by atoms with Crippen molar-refractivity contribution in [1.29, 1.82) is 0 Å². The van der Waals surface area contributed by atoms with E-state index < -0.39 is 12.8 Å². The number of nitrogens with zero attached hydrogens (tertiary/aromatic N) is 1. The number of methoxy groups -OCH3 is 1. The van der Waals surface area contributed by atoms with E-state index in [-0.39, 0.29) is 35.5 Å². The molecule has 0 heterocycles. The fourth-order valence-electron chi connectivity index (χ4n) is 1.84. The molecule has 0 aromatic heterocycles. The number of hydrogen-bond acceptors (Lipinski definition) is 3. The lowest BCUT2D eigenvalue weighted by atomic mass is 10.2. The summed E-state index contributed by atoms with van der Waals surface area (Å²) in [4.78, 5) is 4.43. The summed E-state index contributed by atoms with van der Waals surface area (Å²) in [5.41, 5.74) is 0.805. The van der Waals surface area contributed by atoms with Crippen LogP contribution in [0.3, 0.4) is 0 Å². The van der Waals surface area contributed by atoms with Gasteiger partial charge in [-0.15, -0.1) is 24.0 Å². The van der Waals surface area contributed by atoms with E-state index in [1.807, 2.05) is 6.92 Å². The second-order valence-corrected chi connectivity index (χ2v) is 5.01. The molecule has 0 aliphatic carbocycles. The van der Waals surface area contributed by atoms with Crippen LogP contribution in [0.15, 0.2) is 23.2 Å². The number of ether oxygens (including phenoxy) is 2. The lowest BCUT2D eigenvalue weighted by Crippen LogP contribution is -2.37. The van der Waals surface area contributed by atoms with Crippen LogP contribution in [-0.4, -0.2) is 38.9 Å². The van der Waals surface area contributed by atoms with Gasteiger partial charge in [0, 0.05) is 13.1 Å². The summed E-state index contributed by atoms with van der Waals surface area (Å²) in [6.45, 7) is 4.59. The molecule has 0 aliphatic rings. The third-order valence-corrected chi connectivity index (χ3v) is 2.93. The number of benzene rings is 1. The molecule has 0 amide bonds. The van der Waals surface area contributed by atoms with Crippen LogP contribution in [0, 0.1) is 0 Å². The Morgan fingerprint density at radius 3 is 2.44 bits per heavy atom. The summed E-state index contributed by atoms with van der Waals surface area (Å²) in [5.74, 6) is 0.993. The molecule has 0 aliphatic heterocycles. The summed E-state index contributed by atoms with van der Waals surface area (Å²) in [6.07, 6.45) is -3.41. The Hall–Kier alpha value is -1.39. The van der Waals surface area contributed by atoms with Crippen molar-refractivity contribution in [3.8, 4) is 11.5 Å². The Bertz CT molecular complexity index is 540. The first-order chi connectivity index (χ1) is 11.4. The molecule has 25 heavy (non-hydrogen) atoms. The van der Waals surface area contributed by atoms with E-state index in [4.69, 9.17) is 9.47 Å². The van der Waals surface area contributed by atoms with Crippen molar-refractivity contribution >= 4 is 29.9 Å². The zero-order valence-corrected chi connectivity index (χ0v) is 16.9. The number of alkyl halides is 3. The topological polar surface area (TPSA) is 54.9 Å². The van der Waals surface area contributed by atoms with E-state index in [1.54, 1.807) is 12.1 Å². The van der Waals surface area contributed by atoms with Crippen LogP contribution >= 0.6 is 24.0 Å². The van der Waals surface area contributed by atoms with Crippen LogP contribution in [0.5, 0.6) is 11.5 Å². The number of aliphatic imine (C=N–C) groups is 1. The second kappa shape index (κ2) is 12.0. The monoisotopic (exact) mass is 475 g/mol. The molecule has 144 valence electrons. The largest absolute Gasteiger partial charge is 0.493 e. The van der Waals surface area contributed by atoms with Crippen molar-refractivity contribution < 1.29 is 22.6 Å². The van der Waals surface area contributed by atoms with E-state index in [0.29, 0.717) is 12.5 Å². The molecule has 2 N–H and O–H groups in total. The third kappa shape index (κ3) is 9.61. The van der Waals surface area contributed by atoms with Crippen molar-refractivity contribution in [3.05, 3.63) is 23.8 Å². The van der Waals surface area contributed by atoms with Crippen molar-refractivity contribution in [2.75, 3.05) is 26.8 Å². The normalized spacial score (nSPS) is 11.5. The number of hydrogen-bond donors (Lipinski definition) is 2. The van der Waals surface area contributed by atoms with Gasteiger partial charge in [-0.05, 0) is 31.0 Å². The molecule has 1 aromatic rings. The molecule has 1 rings (SSSR count). The fourth-order valence-corrected chi connectivity index (χ4v) is 1.84. The SMILES string of the molecule is CCCNC(=NCc1ccc(OCC(F)(F)F)c(OC)c1)NCC.I. The van der Waals surface area contributed by atoms with Crippen LogP contribution in [0.2, 0.25) is 0 Å². The fraction of sp³-hybridized carbons (Fsp3) is 0.562. The highest BCUT2D eigenvalue weighted by Gasteiger charge is 2.29. The van der Waals surface area contributed by atoms with Gasteiger partial charge in [-0.2, -0.15) is 13.2 Å². The highest BCUT2D eigenvalue weighted by molar-refractivity contribution is 14.0. The van der Waals surface area contributed by atoms with E-state index in [2.05, 4.69) is 22.5 Å². The van der Waals surface area contributed by atoms with E-state index in [9.17, 15) is 13.2 Å². The van der Waals surface area contributed by atoms with Gasteiger partial charge in [0.1, 0.15) is 0 Å². The molecule has 0 saturated heterocycles. The molecule has 0 atom stereocenters. The van der Waals surface area contributed by atoms with Gasteiger partial charge >= 0.3 is 6.18 Å².